The zero-order valence-electron chi connectivity index (χ0n) is 9.79. The summed E-state index contributed by atoms with van der Waals surface area (Å²) in [4.78, 5) is 11.4. The van der Waals surface area contributed by atoms with E-state index in [1.807, 2.05) is 0 Å². The van der Waals surface area contributed by atoms with Crippen LogP contribution < -0.4 is 0 Å². The van der Waals surface area contributed by atoms with Gasteiger partial charge in [-0.1, -0.05) is 19.1 Å². The van der Waals surface area contributed by atoms with E-state index in [2.05, 4.69) is 0 Å². The summed E-state index contributed by atoms with van der Waals surface area (Å²) in [6.07, 6.45) is 0.398. The fourth-order valence-corrected chi connectivity index (χ4v) is 1.68. The van der Waals surface area contributed by atoms with Crippen molar-refractivity contribution < 1.29 is 13.6 Å². The van der Waals surface area contributed by atoms with Crippen molar-refractivity contribution in [3.05, 3.63) is 47.5 Å². The first-order valence-electron chi connectivity index (χ1n) is 5.52. The van der Waals surface area contributed by atoms with Gasteiger partial charge in [0.1, 0.15) is 11.6 Å². The fourth-order valence-electron chi connectivity index (χ4n) is 1.68. The summed E-state index contributed by atoms with van der Waals surface area (Å²) in [6.45, 7) is 3.46. The average Bonchev–Trinajstić information content (AvgIpc) is 2.81. The minimum absolute atomic E-state index is 0.0506. The Morgan fingerprint density at radius 3 is 2.76 bits per heavy atom. The highest BCUT2D eigenvalue weighted by molar-refractivity contribution is 5.93. The molecule has 0 N–H and O–H groups in total. The Kier molecular flexibility index (Phi) is 3.09. The van der Waals surface area contributed by atoms with E-state index in [1.54, 1.807) is 38.1 Å². The number of hydrogen-bond donors (Lipinski definition) is 0. The Bertz CT molecular complexity index is 555. The summed E-state index contributed by atoms with van der Waals surface area (Å²) in [5, 5.41) is 0. The molecule has 2 rings (SSSR count). The van der Waals surface area contributed by atoms with Gasteiger partial charge in [0.15, 0.2) is 11.5 Å². The van der Waals surface area contributed by atoms with Gasteiger partial charge in [0.2, 0.25) is 0 Å². The summed E-state index contributed by atoms with van der Waals surface area (Å²) in [5.74, 6) is 0.525. The molecule has 1 aromatic heterocycles. The highest BCUT2D eigenvalue weighted by atomic mass is 19.1. The largest absolute Gasteiger partial charge is 0.453 e. The quantitative estimate of drug-likeness (QED) is 0.749. The van der Waals surface area contributed by atoms with Crippen LogP contribution >= 0.6 is 0 Å². The molecule has 2 nitrogen and oxygen atoms in total. The molecule has 1 aromatic carbocycles. The van der Waals surface area contributed by atoms with E-state index in [-0.39, 0.29) is 11.6 Å². The van der Waals surface area contributed by atoms with Gasteiger partial charge in [-0.05, 0) is 30.7 Å². The topological polar surface area (TPSA) is 30.2 Å². The van der Waals surface area contributed by atoms with Crippen LogP contribution in [0.2, 0.25) is 0 Å². The molecular weight excluding hydrogens is 219 g/mol. The number of hydrogen-bond acceptors (Lipinski definition) is 2. The molecule has 0 spiro atoms. The Morgan fingerprint density at radius 1 is 1.29 bits per heavy atom. The summed E-state index contributed by atoms with van der Waals surface area (Å²) in [7, 11) is 0. The number of carbonyl (C=O) groups excluding carboxylic acids is 1. The molecular formula is C14H13FO2. The van der Waals surface area contributed by atoms with E-state index in [9.17, 15) is 9.18 Å². The Hall–Kier alpha value is -1.90. The van der Waals surface area contributed by atoms with Crippen molar-refractivity contribution in [2.75, 3.05) is 0 Å². The molecule has 0 bridgehead atoms. The smallest absolute Gasteiger partial charge is 0.197 e. The normalized spacial score (nSPS) is 10.5. The van der Waals surface area contributed by atoms with Gasteiger partial charge in [0, 0.05) is 12.0 Å². The van der Waals surface area contributed by atoms with Gasteiger partial charge in [-0.3, -0.25) is 4.79 Å². The Morgan fingerprint density at radius 2 is 2.06 bits per heavy atom. The van der Waals surface area contributed by atoms with Crippen LogP contribution in [0.25, 0.3) is 11.3 Å². The predicted molar refractivity (Wildman–Crippen MR) is 63.5 cm³/mol. The molecule has 0 radical (unpaired) electrons. The third kappa shape index (κ3) is 2.13. The van der Waals surface area contributed by atoms with Crippen LogP contribution in [0.15, 0.2) is 34.7 Å². The second-order valence-corrected chi connectivity index (χ2v) is 3.85. The molecule has 0 aliphatic rings. The van der Waals surface area contributed by atoms with Crippen molar-refractivity contribution in [2.45, 2.75) is 20.3 Å². The summed E-state index contributed by atoms with van der Waals surface area (Å²) < 4.78 is 18.8. The molecule has 88 valence electrons. The van der Waals surface area contributed by atoms with Crippen molar-refractivity contribution in [3.63, 3.8) is 0 Å². The van der Waals surface area contributed by atoms with Gasteiger partial charge in [-0.15, -0.1) is 0 Å². The minimum atomic E-state index is -0.276. The molecule has 0 aliphatic carbocycles. The summed E-state index contributed by atoms with van der Waals surface area (Å²) in [6, 6.07) is 8.13. The number of carbonyl (C=O) groups is 1. The number of ketones is 1. The van der Waals surface area contributed by atoms with Crippen LogP contribution in [0.1, 0.15) is 29.5 Å². The van der Waals surface area contributed by atoms with Gasteiger partial charge in [0.25, 0.3) is 0 Å². The number of Topliss-reactive ketones (excluding diaryl/α,β-unsaturated/α-hetero) is 1. The number of rotatable bonds is 3. The lowest BCUT2D eigenvalue weighted by Crippen LogP contribution is -1.92. The van der Waals surface area contributed by atoms with Crippen molar-refractivity contribution in [3.8, 4) is 11.3 Å². The molecule has 17 heavy (non-hydrogen) atoms. The van der Waals surface area contributed by atoms with Gasteiger partial charge < -0.3 is 4.42 Å². The van der Waals surface area contributed by atoms with Crippen LogP contribution in [0, 0.1) is 12.7 Å². The molecule has 2 aromatic rings. The van der Waals surface area contributed by atoms with Gasteiger partial charge >= 0.3 is 0 Å². The molecule has 1 heterocycles. The van der Waals surface area contributed by atoms with Crippen LogP contribution in [0.4, 0.5) is 4.39 Å². The lowest BCUT2D eigenvalue weighted by Gasteiger charge is -2.03. The first-order valence-corrected chi connectivity index (χ1v) is 5.52. The van der Waals surface area contributed by atoms with Crippen molar-refractivity contribution in [1.29, 1.82) is 0 Å². The Balaban J connectivity index is 2.44. The van der Waals surface area contributed by atoms with Gasteiger partial charge in [-0.25, -0.2) is 4.39 Å². The van der Waals surface area contributed by atoms with E-state index in [0.29, 0.717) is 29.1 Å². The molecule has 0 saturated heterocycles. The second-order valence-electron chi connectivity index (χ2n) is 3.85. The lowest BCUT2D eigenvalue weighted by molar-refractivity contribution is 0.0962. The molecule has 3 heteroatoms. The molecule has 0 atom stereocenters. The van der Waals surface area contributed by atoms with Crippen molar-refractivity contribution in [2.24, 2.45) is 0 Å². The molecule has 0 amide bonds. The van der Waals surface area contributed by atoms with Crippen LogP contribution in [0.5, 0.6) is 0 Å². The number of benzene rings is 1. The van der Waals surface area contributed by atoms with E-state index < -0.39 is 0 Å². The second kappa shape index (κ2) is 4.53. The van der Waals surface area contributed by atoms with Gasteiger partial charge in [0.05, 0.1) is 0 Å². The fraction of sp³-hybridized carbons (Fsp3) is 0.214. The van der Waals surface area contributed by atoms with E-state index in [4.69, 9.17) is 4.42 Å². The highest BCUT2D eigenvalue weighted by Gasteiger charge is 2.13. The molecule has 0 unspecified atom stereocenters. The van der Waals surface area contributed by atoms with E-state index in [1.165, 1.54) is 6.07 Å². The first kappa shape index (κ1) is 11.6. The molecule has 0 fully saturated rings. The third-order valence-corrected chi connectivity index (χ3v) is 2.74. The number of halogens is 1. The molecule has 0 aliphatic heterocycles. The summed E-state index contributed by atoms with van der Waals surface area (Å²) >= 11 is 0. The van der Waals surface area contributed by atoms with E-state index in [0.717, 1.165) is 0 Å². The van der Waals surface area contributed by atoms with Crippen molar-refractivity contribution in [1.82, 2.24) is 0 Å². The zero-order valence-corrected chi connectivity index (χ0v) is 9.79. The maximum atomic E-state index is 13.4. The summed E-state index contributed by atoms with van der Waals surface area (Å²) in [5.41, 5.74) is 1.21. The number of furan rings is 1. The lowest BCUT2D eigenvalue weighted by atomic mass is 10.1. The predicted octanol–water partition coefficient (Wildman–Crippen LogP) is 3.99. The Labute approximate surface area is 99.1 Å². The van der Waals surface area contributed by atoms with E-state index >= 15 is 0 Å². The monoisotopic (exact) mass is 232 g/mol. The van der Waals surface area contributed by atoms with Crippen LogP contribution in [-0.4, -0.2) is 5.78 Å². The van der Waals surface area contributed by atoms with Crippen LogP contribution in [0.3, 0.4) is 0 Å². The molecule has 0 saturated carbocycles. The highest BCUT2D eigenvalue weighted by Crippen LogP contribution is 2.27. The average molecular weight is 232 g/mol. The first-order chi connectivity index (χ1) is 8.13. The van der Waals surface area contributed by atoms with Crippen LogP contribution in [-0.2, 0) is 0 Å². The van der Waals surface area contributed by atoms with Crippen molar-refractivity contribution >= 4 is 5.78 Å². The zero-order chi connectivity index (χ0) is 12.4. The third-order valence-electron chi connectivity index (χ3n) is 2.74. The standard InChI is InChI=1S/C14H13FO2/c1-3-12(16)14-8-7-13(17-14)10-5-4-6-11(15)9(10)2/h4-8H,3H2,1-2H3. The maximum absolute atomic E-state index is 13.4. The minimum Gasteiger partial charge on any atom is -0.453 e. The van der Waals surface area contributed by atoms with Gasteiger partial charge in [-0.2, -0.15) is 0 Å². The maximum Gasteiger partial charge on any atom is 0.197 e. The SMILES string of the molecule is CCC(=O)c1ccc(-c2cccc(F)c2C)o1.